The molecule has 1 aromatic rings. The van der Waals surface area contributed by atoms with E-state index in [9.17, 15) is 0 Å². The van der Waals surface area contributed by atoms with Gasteiger partial charge in [0.1, 0.15) is 0 Å². The van der Waals surface area contributed by atoms with Gasteiger partial charge in [0, 0.05) is 30.0 Å². The average molecular weight is 280 g/mol. The van der Waals surface area contributed by atoms with Crippen molar-refractivity contribution in [3.8, 4) is 0 Å². The summed E-state index contributed by atoms with van der Waals surface area (Å²) in [5, 5.41) is 0. The van der Waals surface area contributed by atoms with Gasteiger partial charge >= 0.3 is 0 Å². The molecule has 0 aliphatic heterocycles. The van der Waals surface area contributed by atoms with Crippen molar-refractivity contribution in [1.82, 2.24) is 4.98 Å². The number of pyridine rings is 1. The summed E-state index contributed by atoms with van der Waals surface area (Å²) in [5.41, 5.74) is 4.05. The predicted octanol–water partition coefficient (Wildman–Crippen LogP) is 4.64. The van der Waals surface area contributed by atoms with Gasteiger partial charge in [0.25, 0.3) is 0 Å². The Morgan fingerprint density at radius 3 is 2.68 bits per heavy atom. The Hall–Kier alpha value is -0.860. The number of ether oxygens (including phenoxy) is 1. The normalized spacial score (nSPS) is 23.9. The van der Waals surface area contributed by atoms with Gasteiger partial charge in [0.05, 0.1) is 6.61 Å². The molecule has 104 valence electrons. The molecule has 1 saturated carbocycles. The molecule has 0 atom stereocenters. The second-order valence-electron chi connectivity index (χ2n) is 5.16. The highest BCUT2D eigenvalue weighted by Crippen LogP contribution is 2.35. The van der Waals surface area contributed by atoms with Gasteiger partial charge in [-0.3, -0.25) is 4.98 Å². The molecule has 0 aromatic carbocycles. The summed E-state index contributed by atoms with van der Waals surface area (Å²) in [6.07, 6.45) is 8.94. The molecular weight excluding hydrogens is 258 g/mol. The Bertz CT molecular complexity index is 394. The molecule has 0 N–H and O–H groups in total. The molecular formula is C16H22ClNO. The zero-order valence-corrected chi connectivity index (χ0v) is 12.3. The first kappa shape index (κ1) is 14.5. The van der Waals surface area contributed by atoms with Gasteiger partial charge in [-0.2, -0.15) is 0 Å². The quantitative estimate of drug-likeness (QED) is 0.783. The number of halogens is 1. The van der Waals surface area contributed by atoms with Crippen molar-refractivity contribution in [3.05, 3.63) is 41.2 Å². The van der Waals surface area contributed by atoms with Crippen molar-refractivity contribution < 1.29 is 4.74 Å². The van der Waals surface area contributed by atoms with Crippen LogP contribution in [0.3, 0.4) is 0 Å². The summed E-state index contributed by atoms with van der Waals surface area (Å²) >= 11 is 5.64. The number of rotatable bonds is 5. The number of nitrogens with zero attached hydrogens (tertiary/aromatic N) is 1. The summed E-state index contributed by atoms with van der Waals surface area (Å²) in [4.78, 5) is 4.60. The first-order valence-electron chi connectivity index (χ1n) is 7.13. The van der Waals surface area contributed by atoms with Gasteiger partial charge in [-0.25, -0.2) is 0 Å². The summed E-state index contributed by atoms with van der Waals surface area (Å²) in [6.45, 7) is 3.42. The lowest BCUT2D eigenvalue weighted by Gasteiger charge is -2.26. The fraction of sp³-hybridized carbons (Fsp3) is 0.562. The van der Waals surface area contributed by atoms with Gasteiger partial charge in [-0.15, -0.1) is 0 Å². The second kappa shape index (κ2) is 7.66. The molecule has 1 aromatic heterocycles. The van der Waals surface area contributed by atoms with E-state index in [1.165, 1.54) is 31.4 Å². The Morgan fingerprint density at radius 2 is 2.11 bits per heavy atom. The molecule has 0 amide bonds. The molecule has 0 saturated heterocycles. The second-order valence-corrected chi connectivity index (χ2v) is 5.41. The maximum absolute atomic E-state index is 5.64. The third-order valence-corrected chi connectivity index (χ3v) is 4.00. The molecule has 3 heteroatoms. The lowest BCUT2D eigenvalue weighted by Crippen LogP contribution is -2.12. The standard InChI is InChI=1S/C16H22ClNO/c1-2-19-12-14-5-8-16(18-11-14)15-6-3-13(4-7-15)9-10-17/h5,8-11,13,15H,2-4,6-7,12H2,1H3. The van der Waals surface area contributed by atoms with Crippen molar-refractivity contribution in [1.29, 1.82) is 0 Å². The fourth-order valence-electron chi connectivity index (χ4n) is 2.69. The van der Waals surface area contributed by atoms with E-state index in [0.717, 1.165) is 12.2 Å². The Labute approximate surface area is 120 Å². The lowest BCUT2D eigenvalue weighted by atomic mass is 9.80. The van der Waals surface area contributed by atoms with E-state index >= 15 is 0 Å². The van der Waals surface area contributed by atoms with Gasteiger partial charge < -0.3 is 4.74 Å². The van der Waals surface area contributed by atoms with Gasteiger partial charge in [0.15, 0.2) is 0 Å². The zero-order chi connectivity index (χ0) is 13.5. The topological polar surface area (TPSA) is 22.1 Å². The molecule has 1 heterocycles. The molecule has 0 unspecified atom stereocenters. The lowest BCUT2D eigenvalue weighted by molar-refractivity contribution is 0.134. The van der Waals surface area contributed by atoms with Crippen LogP contribution in [-0.2, 0) is 11.3 Å². The Balaban J connectivity index is 1.89. The molecule has 1 fully saturated rings. The molecule has 1 aliphatic rings. The SMILES string of the molecule is CCOCc1ccc(C2CCC(C=CCl)CC2)nc1. The summed E-state index contributed by atoms with van der Waals surface area (Å²) < 4.78 is 5.39. The number of allylic oxidation sites excluding steroid dienone is 1. The largest absolute Gasteiger partial charge is 0.377 e. The maximum atomic E-state index is 5.64. The van der Waals surface area contributed by atoms with Crippen LogP contribution in [0.25, 0.3) is 0 Å². The third kappa shape index (κ3) is 4.32. The molecule has 2 nitrogen and oxygen atoms in total. The van der Waals surface area contributed by atoms with Crippen molar-refractivity contribution in [2.75, 3.05) is 6.61 Å². The van der Waals surface area contributed by atoms with Crippen molar-refractivity contribution in [3.63, 3.8) is 0 Å². The van der Waals surface area contributed by atoms with Gasteiger partial charge in [-0.1, -0.05) is 23.7 Å². The highest BCUT2D eigenvalue weighted by molar-refractivity contribution is 6.25. The van der Waals surface area contributed by atoms with Crippen LogP contribution in [0.2, 0.25) is 0 Å². The monoisotopic (exact) mass is 279 g/mol. The minimum Gasteiger partial charge on any atom is -0.377 e. The van der Waals surface area contributed by atoms with Gasteiger partial charge in [0.2, 0.25) is 0 Å². The highest BCUT2D eigenvalue weighted by Gasteiger charge is 2.21. The fourth-order valence-corrected chi connectivity index (χ4v) is 2.90. The first-order valence-corrected chi connectivity index (χ1v) is 7.56. The Morgan fingerprint density at radius 1 is 1.32 bits per heavy atom. The summed E-state index contributed by atoms with van der Waals surface area (Å²) in [5.74, 6) is 1.27. The molecule has 0 radical (unpaired) electrons. The van der Waals surface area contributed by atoms with Crippen LogP contribution < -0.4 is 0 Å². The van der Waals surface area contributed by atoms with E-state index in [1.807, 2.05) is 13.1 Å². The van der Waals surface area contributed by atoms with E-state index in [2.05, 4.69) is 23.2 Å². The van der Waals surface area contributed by atoms with E-state index < -0.39 is 0 Å². The van der Waals surface area contributed by atoms with Crippen LogP contribution in [0.1, 0.15) is 49.8 Å². The van der Waals surface area contributed by atoms with Crippen LogP contribution in [0.5, 0.6) is 0 Å². The minimum absolute atomic E-state index is 0.612. The van der Waals surface area contributed by atoms with Crippen LogP contribution in [0.4, 0.5) is 0 Å². The van der Waals surface area contributed by atoms with Crippen molar-refractivity contribution >= 4 is 11.6 Å². The summed E-state index contributed by atoms with van der Waals surface area (Å²) in [6, 6.07) is 4.31. The summed E-state index contributed by atoms with van der Waals surface area (Å²) in [7, 11) is 0. The number of hydrogen-bond donors (Lipinski definition) is 0. The van der Waals surface area contributed by atoms with Crippen LogP contribution in [0.15, 0.2) is 29.9 Å². The van der Waals surface area contributed by atoms with E-state index in [-0.39, 0.29) is 0 Å². The van der Waals surface area contributed by atoms with Crippen LogP contribution in [0, 0.1) is 5.92 Å². The minimum atomic E-state index is 0.612. The van der Waals surface area contributed by atoms with E-state index in [0.29, 0.717) is 18.4 Å². The third-order valence-electron chi connectivity index (χ3n) is 3.86. The average Bonchev–Trinajstić information content (AvgIpc) is 2.47. The van der Waals surface area contributed by atoms with E-state index in [4.69, 9.17) is 16.3 Å². The smallest absolute Gasteiger partial charge is 0.0731 e. The van der Waals surface area contributed by atoms with Crippen LogP contribution >= 0.6 is 11.6 Å². The van der Waals surface area contributed by atoms with Crippen LogP contribution in [-0.4, -0.2) is 11.6 Å². The van der Waals surface area contributed by atoms with E-state index in [1.54, 1.807) is 5.54 Å². The number of aromatic nitrogens is 1. The predicted molar refractivity (Wildman–Crippen MR) is 79.3 cm³/mol. The zero-order valence-electron chi connectivity index (χ0n) is 11.5. The number of hydrogen-bond acceptors (Lipinski definition) is 2. The van der Waals surface area contributed by atoms with Gasteiger partial charge in [-0.05, 0) is 50.2 Å². The Kier molecular flexibility index (Phi) is 5.87. The molecule has 1 aliphatic carbocycles. The van der Waals surface area contributed by atoms with Crippen molar-refractivity contribution in [2.24, 2.45) is 5.92 Å². The molecule has 19 heavy (non-hydrogen) atoms. The highest BCUT2D eigenvalue weighted by atomic mass is 35.5. The molecule has 0 bridgehead atoms. The first-order chi connectivity index (χ1) is 9.33. The van der Waals surface area contributed by atoms with Crippen molar-refractivity contribution in [2.45, 2.75) is 45.1 Å². The molecule has 2 rings (SSSR count). The molecule has 0 spiro atoms. The maximum Gasteiger partial charge on any atom is 0.0731 e.